The molecule has 2 N–H and O–H groups in total. The van der Waals surface area contributed by atoms with Gasteiger partial charge in [-0.05, 0) is 25.0 Å². The van der Waals surface area contributed by atoms with Crippen LogP contribution in [0.1, 0.15) is 23.2 Å². The predicted molar refractivity (Wildman–Crippen MR) is 83.1 cm³/mol. The minimum atomic E-state index is -0.943. The van der Waals surface area contributed by atoms with Crippen LogP contribution in [0, 0.1) is 0 Å². The maximum atomic E-state index is 12.4. The molecule has 0 atom stereocenters. The smallest absolute Gasteiger partial charge is 0.323 e. The Hall–Kier alpha value is -2.63. The Morgan fingerprint density at radius 2 is 2.09 bits per heavy atom. The molecule has 22 heavy (non-hydrogen) atoms. The fourth-order valence-electron chi connectivity index (χ4n) is 2.32. The molecule has 1 aliphatic rings. The zero-order valence-electron chi connectivity index (χ0n) is 12.2. The van der Waals surface area contributed by atoms with E-state index in [0.29, 0.717) is 16.9 Å². The Kier molecular flexibility index (Phi) is 3.66. The van der Waals surface area contributed by atoms with E-state index in [1.807, 2.05) is 24.3 Å². The van der Waals surface area contributed by atoms with E-state index in [4.69, 9.17) is 5.11 Å². The zero-order chi connectivity index (χ0) is 15.7. The lowest BCUT2D eigenvalue weighted by Crippen LogP contribution is -2.28. The predicted octanol–water partition coefficient (Wildman–Crippen LogP) is 1.65. The monoisotopic (exact) mass is 299 g/mol. The van der Waals surface area contributed by atoms with Gasteiger partial charge in [0.1, 0.15) is 12.4 Å². The second kappa shape index (κ2) is 5.63. The molecule has 0 aliphatic heterocycles. The highest BCUT2D eigenvalue weighted by molar-refractivity contribution is 6.07. The number of hydrogen-bond acceptors (Lipinski definition) is 4. The highest BCUT2D eigenvalue weighted by atomic mass is 16.4. The number of carbonyl (C=O) groups excluding carboxylic acids is 1. The summed E-state index contributed by atoms with van der Waals surface area (Å²) in [5.74, 6) is -0.602. The van der Waals surface area contributed by atoms with Gasteiger partial charge in [0.15, 0.2) is 0 Å². The Bertz CT molecular complexity index is 740. The van der Waals surface area contributed by atoms with E-state index >= 15 is 0 Å². The van der Waals surface area contributed by atoms with Gasteiger partial charge in [-0.3, -0.25) is 9.59 Å². The molecule has 0 unspecified atom stereocenters. The quantitative estimate of drug-likeness (QED) is 0.877. The fraction of sp³-hybridized carbons (Fsp3) is 0.312. The summed E-state index contributed by atoms with van der Waals surface area (Å²) in [4.78, 5) is 29.3. The topological polar surface area (TPSA) is 82.5 Å². The Labute approximate surface area is 127 Å². The van der Waals surface area contributed by atoms with Crippen molar-refractivity contribution >= 4 is 28.6 Å². The van der Waals surface area contributed by atoms with Crippen LogP contribution in [0.3, 0.4) is 0 Å². The number of aromatic nitrogens is 1. The number of likely N-dealkylation sites (N-methyl/N-ethyl adjacent to an activating group) is 1. The summed E-state index contributed by atoms with van der Waals surface area (Å²) >= 11 is 0. The van der Waals surface area contributed by atoms with Crippen molar-refractivity contribution < 1.29 is 14.7 Å². The summed E-state index contributed by atoms with van der Waals surface area (Å²) < 4.78 is 0. The molecule has 2 aromatic rings. The van der Waals surface area contributed by atoms with Crippen LogP contribution in [0.25, 0.3) is 10.9 Å². The molecule has 1 amide bonds. The van der Waals surface area contributed by atoms with Gasteiger partial charge in [-0.2, -0.15) is 0 Å². The standard InChI is InChI=1S/C16H17N3O3/c1-19(9-15(20)21)14-8-12(16(22)17-10-6-7-10)11-4-2-3-5-13(11)18-14/h2-5,8,10H,6-7,9H2,1H3,(H,17,22)(H,20,21). The number of anilines is 1. The molecule has 1 aromatic heterocycles. The lowest BCUT2D eigenvalue weighted by Gasteiger charge is -2.18. The third-order valence-electron chi connectivity index (χ3n) is 3.62. The molecule has 0 saturated heterocycles. The van der Waals surface area contributed by atoms with Crippen molar-refractivity contribution in [2.45, 2.75) is 18.9 Å². The molecule has 1 fully saturated rings. The molecule has 1 heterocycles. The van der Waals surface area contributed by atoms with Crippen LogP contribution in [0.4, 0.5) is 5.82 Å². The first-order valence-corrected chi connectivity index (χ1v) is 7.18. The number of carboxylic acids is 1. The third-order valence-corrected chi connectivity index (χ3v) is 3.62. The second-order valence-corrected chi connectivity index (χ2v) is 5.54. The Morgan fingerprint density at radius 3 is 2.77 bits per heavy atom. The number of rotatable bonds is 5. The Morgan fingerprint density at radius 1 is 1.36 bits per heavy atom. The number of pyridine rings is 1. The molecule has 0 radical (unpaired) electrons. The lowest BCUT2D eigenvalue weighted by atomic mass is 10.1. The number of carboxylic acid groups (broad SMARTS) is 1. The molecule has 6 heteroatoms. The van der Waals surface area contributed by atoms with Crippen LogP contribution in [0.2, 0.25) is 0 Å². The SMILES string of the molecule is CN(CC(=O)O)c1cc(C(=O)NC2CC2)c2ccccc2n1. The zero-order valence-corrected chi connectivity index (χ0v) is 12.2. The normalized spacial score (nSPS) is 13.9. The van der Waals surface area contributed by atoms with E-state index in [0.717, 1.165) is 18.2 Å². The molecule has 6 nitrogen and oxygen atoms in total. The number of fused-ring (bicyclic) bond motifs is 1. The van der Waals surface area contributed by atoms with E-state index in [-0.39, 0.29) is 18.5 Å². The summed E-state index contributed by atoms with van der Waals surface area (Å²) in [5.41, 5.74) is 1.21. The molecular formula is C16H17N3O3. The molecule has 3 rings (SSSR count). The lowest BCUT2D eigenvalue weighted by molar-refractivity contribution is -0.135. The molecule has 0 spiro atoms. The first kappa shape index (κ1) is 14.3. The van der Waals surface area contributed by atoms with Gasteiger partial charge in [-0.25, -0.2) is 4.98 Å². The van der Waals surface area contributed by atoms with E-state index in [1.165, 1.54) is 4.90 Å². The average Bonchev–Trinajstić information content (AvgIpc) is 3.29. The van der Waals surface area contributed by atoms with Crippen LogP contribution >= 0.6 is 0 Å². The molecule has 1 aromatic carbocycles. The first-order valence-electron chi connectivity index (χ1n) is 7.18. The fourth-order valence-corrected chi connectivity index (χ4v) is 2.32. The number of amides is 1. The number of para-hydroxylation sites is 1. The van der Waals surface area contributed by atoms with Gasteiger partial charge in [-0.15, -0.1) is 0 Å². The van der Waals surface area contributed by atoms with Crippen molar-refractivity contribution in [1.29, 1.82) is 0 Å². The summed E-state index contributed by atoms with van der Waals surface area (Å²) in [6, 6.07) is 9.30. The maximum Gasteiger partial charge on any atom is 0.323 e. The summed E-state index contributed by atoms with van der Waals surface area (Å²) in [6.45, 7) is -0.172. The van der Waals surface area contributed by atoms with Crippen molar-refractivity contribution in [3.63, 3.8) is 0 Å². The van der Waals surface area contributed by atoms with Gasteiger partial charge in [0.05, 0.1) is 11.1 Å². The van der Waals surface area contributed by atoms with Crippen molar-refractivity contribution in [3.8, 4) is 0 Å². The van der Waals surface area contributed by atoms with Crippen molar-refractivity contribution in [2.75, 3.05) is 18.5 Å². The molecular weight excluding hydrogens is 282 g/mol. The number of benzene rings is 1. The average molecular weight is 299 g/mol. The molecule has 1 aliphatic carbocycles. The first-order chi connectivity index (χ1) is 10.5. The largest absolute Gasteiger partial charge is 0.480 e. The summed E-state index contributed by atoms with van der Waals surface area (Å²) in [5, 5.41) is 12.7. The van der Waals surface area contributed by atoms with Gasteiger partial charge in [0.25, 0.3) is 5.91 Å². The van der Waals surface area contributed by atoms with Gasteiger partial charge in [0, 0.05) is 18.5 Å². The number of nitrogens with zero attached hydrogens (tertiary/aromatic N) is 2. The van der Waals surface area contributed by atoms with E-state index in [9.17, 15) is 9.59 Å². The minimum absolute atomic E-state index is 0.133. The van der Waals surface area contributed by atoms with Crippen LogP contribution in [0.15, 0.2) is 30.3 Å². The van der Waals surface area contributed by atoms with E-state index in [1.54, 1.807) is 13.1 Å². The van der Waals surface area contributed by atoms with E-state index < -0.39 is 5.97 Å². The van der Waals surface area contributed by atoms with Crippen molar-refractivity contribution in [3.05, 3.63) is 35.9 Å². The maximum absolute atomic E-state index is 12.4. The molecule has 0 bridgehead atoms. The number of nitrogens with one attached hydrogen (secondary N) is 1. The van der Waals surface area contributed by atoms with Crippen LogP contribution in [0.5, 0.6) is 0 Å². The summed E-state index contributed by atoms with van der Waals surface area (Å²) in [6.07, 6.45) is 2.03. The van der Waals surface area contributed by atoms with Gasteiger partial charge in [0.2, 0.25) is 0 Å². The van der Waals surface area contributed by atoms with Gasteiger partial charge in [-0.1, -0.05) is 18.2 Å². The highest BCUT2D eigenvalue weighted by Crippen LogP contribution is 2.24. The highest BCUT2D eigenvalue weighted by Gasteiger charge is 2.25. The number of aliphatic carboxylic acids is 1. The summed E-state index contributed by atoms with van der Waals surface area (Å²) in [7, 11) is 1.65. The third kappa shape index (κ3) is 3.00. The molecule has 1 saturated carbocycles. The van der Waals surface area contributed by atoms with Crippen molar-refractivity contribution in [2.24, 2.45) is 0 Å². The second-order valence-electron chi connectivity index (χ2n) is 5.54. The van der Waals surface area contributed by atoms with Crippen LogP contribution in [-0.2, 0) is 4.79 Å². The van der Waals surface area contributed by atoms with Gasteiger partial charge >= 0.3 is 5.97 Å². The van der Waals surface area contributed by atoms with Crippen LogP contribution in [-0.4, -0.2) is 41.6 Å². The van der Waals surface area contributed by atoms with Crippen LogP contribution < -0.4 is 10.2 Å². The number of carbonyl (C=O) groups is 2. The minimum Gasteiger partial charge on any atom is -0.480 e. The van der Waals surface area contributed by atoms with Crippen molar-refractivity contribution in [1.82, 2.24) is 10.3 Å². The molecule has 114 valence electrons. The Balaban J connectivity index is 2.03. The van der Waals surface area contributed by atoms with Gasteiger partial charge < -0.3 is 15.3 Å². The number of hydrogen-bond donors (Lipinski definition) is 2. The van der Waals surface area contributed by atoms with E-state index in [2.05, 4.69) is 10.3 Å².